The Morgan fingerprint density at radius 2 is 1.53 bits per heavy atom. The molecule has 2 aliphatic rings. The first-order valence-electron chi connectivity index (χ1n) is 17.9. The number of nitrogens with zero attached hydrogens (tertiary/aromatic N) is 3. The summed E-state index contributed by atoms with van der Waals surface area (Å²) in [5.74, 6) is -3.46. The number of carbonyl (C=O) groups excluding carboxylic acids is 5. The van der Waals surface area contributed by atoms with E-state index in [4.69, 9.17) is 30.6 Å². The van der Waals surface area contributed by atoms with E-state index >= 15 is 0 Å². The predicted octanol–water partition coefficient (Wildman–Crippen LogP) is 6.42. The highest BCUT2D eigenvalue weighted by atomic mass is 127. The van der Waals surface area contributed by atoms with Crippen LogP contribution in [0.2, 0.25) is 4.34 Å². The van der Waals surface area contributed by atoms with Gasteiger partial charge in [-0.15, -0.1) is 0 Å². The highest BCUT2D eigenvalue weighted by Gasteiger charge is 2.58. The van der Waals surface area contributed by atoms with Gasteiger partial charge in [-0.05, 0) is 72.1 Å². The molecule has 0 radical (unpaired) electrons. The van der Waals surface area contributed by atoms with Crippen molar-refractivity contribution >= 4 is 97.0 Å². The molecule has 3 amide bonds. The lowest BCUT2D eigenvalue weighted by atomic mass is 10.0. The van der Waals surface area contributed by atoms with Gasteiger partial charge < -0.3 is 24.4 Å². The molecule has 58 heavy (non-hydrogen) atoms. The fraction of sp³-hybridized carbons (Fsp3) is 0.410. The van der Waals surface area contributed by atoms with Crippen LogP contribution in [0.25, 0.3) is 0 Å². The first kappa shape index (κ1) is 44.7. The number of aromatic nitrogens is 1. The highest BCUT2D eigenvalue weighted by molar-refractivity contribution is 14.1. The van der Waals surface area contributed by atoms with Crippen molar-refractivity contribution in [3.8, 4) is 0 Å². The summed E-state index contributed by atoms with van der Waals surface area (Å²) < 4.78 is 30.7. The Hall–Kier alpha value is -4.40. The lowest BCUT2D eigenvalue weighted by molar-refractivity contribution is -0.179. The average molecular weight is 968 g/mol. The number of β-lactam (4-membered cyclic amide) rings is 1. The topological polar surface area (TPSA) is 192 Å². The van der Waals surface area contributed by atoms with Crippen LogP contribution in [0, 0.1) is 0 Å². The fourth-order valence-corrected chi connectivity index (χ4v) is 9.30. The zero-order valence-corrected chi connectivity index (χ0v) is 37.5. The molecule has 0 aliphatic carbocycles. The van der Waals surface area contributed by atoms with Crippen LogP contribution < -0.4 is 10.6 Å². The summed E-state index contributed by atoms with van der Waals surface area (Å²) in [5, 5.41) is 7.77. The Bertz CT molecular complexity index is 2130. The standard InChI is InChI=1S/C39H43ClIN5O10S2/c1-37(2,3)54-34(50)39(7,8)56-45-25(24-29(40)57-35(43-24)44-36(51)55-38(4,5)6)30(47)42-26-31(48)46-27(23(19-41)20-58(52)32(26)46)33(49)53-28(21-15-11-9-12-16-21)22-17-13-10-14-18-22/h9-18,26,28,32H,19-20H2,1-8H3,(H,42,47)(H,43,44,51)/b45-25+/t26-,32-,58-/m1/s1. The van der Waals surface area contributed by atoms with Gasteiger partial charge in [0.25, 0.3) is 11.8 Å². The molecule has 310 valence electrons. The lowest BCUT2D eigenvalue weighted by Crippen LogP contribution is -2.74. The normalized spacial score (nSPS) is 18.5. The van der Waals surface area contributed by atoms with Crippen LogP contribution in [-0.4, -0.2) is 88.0 Å². The van der Waals surface area contributed by atoms with E-state index in [0.717, 1.165) is 16.2 Å². The third kappa shape index (κ3) is 10.6. The molecule has 1 saturated heterocycles. The molecule has 2 aromatic carbocycles. The van der Waals surface area contributed by atoms with Gasteiger partial charge in [-0.2, -0.15) is 0 Å². The second-order valence-corrected chi connectivity index (χ2v) is 19.5. The van der Waals surface area contributed by atoms with Crippen LogP contribution >= 0.6 is 45.5 Å². The van der Waals surface area contributed by atoms with Crippen LogP contribution in [0.1, 0.15) is 78.3 Å². The number of hydrogen-bond donors (Lipinski definition) is 2. The molecule has 15 nitrogen and oxygen atoms in total. The van der Waals surface area contributed by atoms with Crippen molar-refractivity contribution in [1.82, 2.24) is 15.2 Å². The predicted molar refractivity (Wildman–Crippen MR) is 227 cm³/mol. The number of hydrogen-bond acceptors (Lipinski definition) is 13. The highest BCUT2D eigenvalue weighted by Crippen LogP contribution is 2.38. The summed E-state index contributed by atoms with van der Waals surface area (Å²) in [6.45, 7) is 12.8. The number of fused-ring (bicyclic) bond motifs is 1. The van der Waals surface area contributed by atoms with Gasteiger partial charge in [0.05, 0.1) is 16.6 Å². The third-order valence-electron chi connectivity index (χ3n) is 8.16. The number of carbonyl (C=O) groups is 5. The van der Waals surface area contributed by atoms with Crippen molar-refractivity contribution in [3.63, 3.8) is 0 Å². The van der Waals surface area contributed by atoms with Crippen molar-refractivity contribution in [3.05, 3.63) is 93.1 Å². The van der Waals surface area contributed by atoms with Crippen LogP contribution in [0.3, 0.4) is 0 Å². The van der Waals surface area contributed by atoms with Crippen LogP contribution in [0.4, 0.5) is 9.93 Å². The van der Waals surface area contributed by atoms with Crippen molar-refractivity contribution in [2.75, 3.05) is 15.5 Å². The first-order valence-corrected chi connectivity index (χ1v) is 22.0. The lowest BCUT2D eigenvalue weighted by Gasteiger charge is -2.49. The Balaban J connectivity index is 1.44. The molecule has 5 rings (SSSR count). The first-order chi connectivity index (χ1) is 27.1. The molecule has 0 spiro atoms. The van der Waals surface area contributed by atoms with E-state index in [-0.39, 0.29) is 31.0 Å². The van der Waals surface area contributed by atoms with Gasteiger partial charge in [0.2, 0.25) is 5.60 Å². The van der Waals surface area contributed by atoms with Gasteiger partial charge in [0.1, 0.15) is 38.3 Å². The van der Waals surface area contributed by atoms with E-state index in [0.29, 0.717) is 16.7 Å². The summed E-state index contributed by atoms with van der Waals surface area (Å²) in [6, 6.07) is 16.8. The van der Waals surface area contributed by atoms with Crippen LogP contribution in [0.5, 0.6) is 0 Å². The molecule has 0 unspecified atom stereocenters. The number of nitrogens with one attached hydrogen (secondary N) is 2. The maximum Gasteiger partial charge on any atom is 0.413 e. The summed E-state index contributed by atoms with van der Waals surface area (Å²) in [6.07, 6.45) is -1.67. The van der Waals surface area contributed by atoms with Gasteiger partial charge in [0, 0.05) is 4.43 Å². The average Bonchev–Trinajstić information content (AvgIpc) is 3.49. The molecule has 3 heterocycles. The van der Waals surface area contributed by atoms with Gasteiger partial charge in [-0.25, -0.2) is 19.4 Å². The van der Waals surface area contributed by atoms with Crippen molar-refractivity contribution < 1.29 is 47.2 Å². The number of rotatable bonds is 12. The number of oxime groups is 1. The van der Waals surface area contributed by atoms with Gasteiger partial charge in [-0.1, -0.05) is 111 Å². The third-order valence-corrected chi connectivity index (χ3v) is 11.9. The van der Waals surface area contributed by atoms with E-state index in [1.807, 2.05) is 83.3 Å². The zero-order valence-electron chi connectivity index (χ0n) is 32.9. The van der Waals surface area contributed by atoms with Crippen molar-refractivity contribution in [2.45, 2.75) is 89.7 Å². The van der Waals surface area contributed by atoms with E-state index in [2.05, 4.69) is 20.8 Å². The smallest absolute Gasteiger partial charge is 0.413 e. The Morgan fingerprint density at radius 1 is 0.966 bits per heavy atom. The van der Waals surface area contributed by atoms with Gasteiger partial charge >= 0.3 is 18.0 Å². The van der Waals surface area contributed by atoms with Crippen LogP contribution in [-0.2, 0) is 49.0 Å². The molecule has 1 aromatic heterocycles. The summed E-state index contributed by atoms with van der Waals surface area (Å²) in [4.78, 5) is 78.7. The van der Waals surface area contributed by atoms with E-state index in [9.17, 15) is 28.2 Å². The minimum Gasteiger partial charge on any atom is -0.457 e. The van der Waals surface area contributed by atoms with Gasteiger partial charge in [-0.3, -0.25) is 24.0 Å². The SMILES string of the molecule is CC(C)(C)OC(=O)Nc1nc(/C(=N\OC(C)(C)C(=O)OC(C)(C)C)C(=O)N[C@@H]2C(=O)N3C(C(=O)OC(c4ccccc4)c4ccccc4)=C(CI)C[S@@](=O)[C@H]23)c(Cl)s1. The van der Waals surface area contributed by atoms with E-state index in [1.165, 1.54) is 13.8 Å². The molecular formula is C39H43ClIN5O10S2. The minimum atomic E-state index is -1.77. The molecular weight excluding hydrogens is 925 g/mol. The molecule has 3 atom stereocenters. The summed E-state index contributed by atoms with van der Waals surface area (Å²) >= 11 is 9.35. The molecule has 2 N–H and O–H groups in total. The fourth-order valence-electron chi connectivity index (χ4n) is 5.58. The number of alkyl halides is 1. The number of ether oxygens (including phenoxy) is 3. The van der Waals surface area contributed by atoms with Crippen molar-refractivity contribution in [1.29, 1.82) is 0 Å². The second-order valence-electron chi connectivity index (χ2n) is 15.6. The Labute approximate surface area is 360 Å². The Kier molecular flexibility index (Phi) is 13.7. The van der Waals surface area contributed by atoms with Crippen LogP contribution in [0.15, 0.2) is 77.1 Å². The molecule has 0 saturated carbocycles. The molecule has 0 bridgehead atoms. The number of halogens is 2. The second kappa shape index (κ2) is 17.8. The van der Waals surface area contributed by atoms with E-state index < -0.39 is 80.7 Å². The molecule has 2 aliphatic heterocycles. The maximum absolute atomic E-state index is 14.1. The Morgan fingerprint density at radius 3 is 2.07 bits per heavy atom. The number of esters is 2. The monoisotopic (exact) mass is 967 g/mol. The molecule has 19 heteroatoms. The maximum atomic E-state index is 14.1. The number of benzene rings is 2. The van der Waals surface area contributed by atoms with E-state index in [1.54, 1.807) is 41.5 Å². The number of anilines is 1. The van der Waals surface area contributed by atoms with Gasteiger partial charge in [0.15, 0.2) is 16.9 Å². The largest absolute Gasteiger partial charge is 0.457 e. The quantitative estimate of drug-likeness (QED) is 0.0387. The molecule has 1 fully saturated rings. The minimum absolute atomic E-state index is 0.0527. The summed E-state index contributed by atoms with van der Waals surface area (Å²) in [5.41, 5.74) is -2.52. The van der Waals surface area contributed by atoms with Crippen molar-refractivity contribution in [2.24, 2.45) is 5.16 Å². The zero-order chi connectivity index (χ0) is 42.7. The summed E-state index contributed by atoms with van der Waals surface area (Å²) in [7, 11) is -1.77. The molecule has 3 aromatic rings. The number of thiazole rings is 1. The number of amides is 3.